The molecule has 0 aromatic carbocycles. The second-order valence-electron chi connectivity index (χ2n) is 6.21. The minimum Gasteiger partial charge on any atom is -0.480 e. The molecule has 0 aromatic rings. The number of carboxylic acid groups (broad SMARTS) is 1. The molecule has 1 saturated heterocycles. The maximum atomic E-state index is 11.9. The first-order valence-electron chi connectivity index (χ1n) is 7.38. The van der Waals surface area contributed by atoms with Gasteiger partial charge in [-0.2, -0.15) is 0 Å². The summed E-state index contributed by atoms with van der Waals surface area (Å²) in [4.78, 5) is 23.1. The SMILES string of the molecule is CC(C)C[C@@H](NC(=O)NC1CCOC1C1CC1)C(=O)O. The third kappa shape index (κ3) is 4.10. The molecule has 114 valence electrons. The lowest BCUT2D eigenvalue weighted by Gasteiger charge is -2.22. The lowest BCUT2D eigenvalue weighted by molar-refractivity contribution is -0.139. The quantitative estimate of drug-likeness (QED) is 0.687. The zero-order valence-corrected chi connectivity index (χ0v) is 12.1. The molecule has 2 aliphatic rings. The summed E-state index contributed by atoms with van der Waals surface area (Å²) in [6.45, 7) is 4.54. The standard InChI is InChI=1S/C14H24N2O4/c1-8(2)7-11(13(17)18)16-14(19)15-10-5-6-20-12(10)9-3-4-9/h8-12H,3-7H2,1-2H3,(H,17,18)(H2,15,16,19)/t10?,11-,12?/m1/s1. The summed E-state index contributed by atoms with van der Waals surface area (Å²) in [6.07, 6.45) is 3.66. The highest BCUT2D eigenvalue weighted by molar-refractivity contribution is 5.82. The molecule has 1 aliphatic heterocycles. The Labute approximate surface area is 119 Å². The zero-order chi connectivity index (χ0) is 14.7. The number of carbonyl (C=O) groups is 2. The van der Waals surface area contributed by atoms with Gasteiger partial charge in [0.25, 0.3) is 0 Å². The van der Waals surface area contributed by atoms with Gasteiger partial charge in [-0.05, 0) is 37.5 Å². The van der Waals surface area contributed by atoms with Gasteiger partial charge in [-0.25, -0.2) is 9.59 Å². The first kappa shape index (κ1) is 15.1. The molecule has 0 bridgehead atoms. The predicted octanol–water partition coefficient (Wildman–Crippen LogP) is 1.35. The molecule has 3 N–H and O–H groups in total. The third-order valence-corrected chi connectivity index (χ3v) is 3.85. The monoisotopic (exact) mass is 284 g/mol. The highest BCUT2D eigenvalue weighted by Gasteiger charge is 2.41. The fraction of sp³-hybridized carbons (Fsp3) is 0.857. The van der Waals surface area contributed by atoms with E-state index >= 15 is 0 Å². The molecule has 2 fully saturated rings. The minimum absolute atomic E-state index is 0.0102. The van der Waals surface area contributed by atoms with E-state index in [1.807, 2.05) is 13.8 Å². The highest BCUT2D eigenvalue weighted by Crippen LogP contribution is 2.38. The minimum atomic E-state index is -0.990. The molecule has 6 nitrogen and oxygen atoms in total. The van der Waals surface area contributed by atoms with Crippen LogP contribution in [-0.2, 0) is 9.53 Å². The van der Waals surface area contributed by atoms with Gasteiger partial charge in [0, 0.05) is 6.61 Å². The molecule has 1 heterocycles. The average molecular weight is 284 g/mol. The lowest BCUT2D eigenvalue weighted by Crippen LogP contribution is -2.51. The number of rotatable bonds is 6. The molecular weight excluding hydrogens is 260 g/mol. The zero-order valence-electron chi connectivity index (χ0n) is 12.1. The second kappa shape index (κ2) is 6.43. The summed E-state index contributed by atoms with van der Waals surface area (Å²) >= 11 is 0. The first-order chi connectivity index (χ1) is 9.47. The molecular formula is C14H24N2O4. The van der Waals surface area contributed by atoms with Crippen LogP contribution in [0.1, 0.15) is 39.5 Å². The van der Waals surface area contributed by atoms with Gasteiger partial charge in [-0.1, -0.05) is 13.8 Å². The van der Waals surface area contributed by atoms with Crippen LogP contribution in [0.15, 0.2) is 0 Å². The van der Waals surface area contributed by atoms with E-state index in [0.29, 0.717) is 18.9 Å². The molecule has 20 heavy (non-hydrogen) atoms. The van der Waals surface area contributed by atoms with Gasteiger partial charge in [0.05, 0.1) is 12.1 Å². The van der Waals surface area contributed by atoms with Crippen LogP contribution in [-0.4, -0.2) is 41.9 Å². The Morgan fingerprint density at radius 3 is 2.55 bits per heavy atom. The average Bonchev–Trinajstić information content (AvgIpc) is 3.09. The number of hydrogen-bond acceptors (Lipinski definition) is 3. The molecule has 0 spiro atoms. The van der Waals surface area contributed by atoms with Crippen molar-refractivity contribution in [2.24, 2.45) is 11.8 Å². The molecule has 0 aromatic heterocycles. The van der Waals surface area contributed by atoms with E-state index in [4.69, 9.17) is 9.84 Å². The highest BCUT2D eigenvalue weighted by atomic mass is 16.5. The van der Waals surface area contributed by atoms with Gasteiger partial charge in [-0.15, -0.1) is 0 Å². The van der Waals surface area contributed by atoms with Crippen molar-refractivity contribution >= 4 is 12.0 Å². The topological polar surface area (TPSA) is 87.7 Å². The number of carboxylic acids is 1. The second-order valence-corrected chi connectivity index (χ2v) is 6.21. The summed E-state index contributed by atoms with van der Waals surface area (Å²) in [6, 6.07) is -1.23. The van der Waals surface area contributed by atoms with Crippen molar-refractivity contribution in [3.63, 3.8) is 0 Å². The number of nitrogens with one attached hydrogen (secondary N) is 2. The number of aliphatic carboxylic acids is 1. The Hall–Kier alpha value is -1.30. The predicted molar refractivity (Wildman–Crippen MR) is 73.4 cm³/mol. The Morgan fingerprint density at radius 1 is 1.30 bits per heavy atom. The summed E-state index contributed by atoms with van der Waals surface area (Å²) in [5.41, 5.74) is 0. The van der Waals surface area contributed by atoms with Gasteiger partial charge in [0.15, 0.2) is 0 Å². The van der Waals surface area contributed by atoms with Crippen LogP contribution in [0.25, 0.3) is 0 Å². The molecule has 1 aliphatic carbocycles. The van der Waals surface area contributed by atoms with Gasteiger partial charge in [-0.3, -0.25) is 0 Å². The summed E-state index contributed by atoms with van der Waals surface area (Å²) < 4.78 is 5.65. The number of carbonyl (C=O) groups excluding carboxylic acids is 1. The van der Waals surface area contributed by atoms with Crippen LogP contribution in [0.3, 0.4) is 0 Å². The van der Waals surface area contributed by atoms with Gasteiger partial charge in [0.1, 0.15) is 6.04 Å². The van der Waals surface area contributed by atoms with Crippen molar-refractivity contribution in [1.29, 1.82) is 0 Å². The fourth-order valence-corrected chi connectivity index (χ4v) is 2.72. The van der Waals surface area contributed by atoms with E-state index in [-0.39, 0.29) is 18.1 Å². The Kier molecular flexibility index (Phi) is 4.86. The maximum absolute atomic E-state index is 11.9. The smallest absolute Gasteiger partial charge is 0.326 e. The number of hydrogen-bond donors (Lipinski definition) is 3. The van der Waals surface area contributed by atoms with E-state index in [9.17, 15) is 9.59 Å². The van der Waals surface area contributed by atoms with Crippen LogP contribution < -0.4 is 10.6 Å². The number of ether oxygens (including phenoxy) is 1. The summed E-state index contributed by atoms with van der Waals surface area (Å²) in [5.74, 6) is -0.213. The van der Waals surface area contributed by atoms with E-state index < -0.39 is 18.0 Å². The molecule has 2 rings (SSSR count). The van der Waals surface area contributed by atoms with Crippen molar-refractivity contribution < 1.29 is 19.4 Å². The molecule has 3 atom stereocenters. The molecule has 1 saturated carbocycles. The van der Waals surface area contributed by atoms with Crippen molar-refractivity contribution in [2.75, 3.05) is 6.61 Å². The van der Waals surface area contributed by atoms with E-state index in [1.165, 1.54) is 0 Å². The Bertz CT molecular complexity index is 368. The summed E-state index contributed by atoms with van der Waals surface area (Å²) in [7, 11) is 0. The number of urea groups is 1. The first-order valence-corrected chi connectivity index (χ1v) is 7.38. The van der Waals surface area contributed by atoms with Crippen molar-refractivity contribution in [3.05, 3.63) is 0 Å². The molecule has 2 amide bonds. The van der Waals surface area contributed by atoms with Crippen molar-refractivity contribution in [2.45, 2.75) is 57.7 Å². The largest absolute Gasteiger partial charge is 0.480 e. The van der Waals surface area contributed by atoms with E-state index in [1.54, 1.807) is 0 Å². The van der Waals surface area contributed by atoms with Gasteiger partial charge in [0.2, 0.25) is 0 Å². The van der Waals surface area contributed by atoms with Crippen molar-refractivity contribution in [1.82, 2.24) is 10.6 Å². The van der Waals surface area contributed by atoms with Crippen LogP contribution >= 0.6 is 0 Å². The molecule has 0 radical (unpaired) electrons. The summed E-state index contributed by atoms with van der Waals surface area (Å²) in [5, 5.41) is 14.5. The van der Waals surface area contributed by atoms with Crippen LogP contribution in [0.4, 0.5) is 4.79 Å². The fourth-order valence-electron chi connectivity index (χ4n) is 2.72. The molecule has 6 heteroatoms. The lowest BCUT2D eigenvalue weighted by atomic mass is 10.0. The van der Waals surface area contributed by atoms with E-state index in [0.717, 1.165) is 19.3 Å². The third-order valence-electron chi connectivity index (χ3n) is 3.85. The normalized spacial score (nSPS) is 27.4. The van der Waals surface area contributed by atoms with Crippen molar-refractivity contribution in [3.8, 4) is 0 Å². The van der Waals surface area contributed by atoms with Gasteiger partial charge >= 0.3 is 12.0 Å². The van der Waals surface area contributed by atoms with Crippen LogP contribution in [0, 0.1) is 11.8 Å². The van der Waals surface area contributed by atoms with Gasteiger partial charge < -0.3 is 20.5 Å². The van der Waals surface area contributed by atoms with Crippen LogP contribution in [0.2, 0.25) is 0 Å². The Morgan fingerprint density at radius 2 is 2.00 bits per heavy atom. The molecule has 2 unspecified atom stereocenters. The number of amides is 2. The Balaban J connectivity index is 1.82. The maximum Gasteiger partial charge on any atom is 0.326 e. The van der Waals surface area contributed by atoms with E-state index in [2.05, 4.69) is 10.6 Å². The van der Waals surface area contributed by atoms with Crippen LogP contribution in [0.5, 0.6) is 0 Å².